The van der Waals surface area contributed by atoms with E-state index in [1.54, 1.807) is 13.0 Å². The van der Waals surface area contributed by atoms with E-state index in [0.717, 1.165) is 36.0 Å². The molecule has 0 spiro atoms. The number of amides is 1. The predicted molar refractivity (Wildman–Crippen MR) is 111 cm³/mol. The van der Waals surface area contributed by atoms with Crippen LogP contribution < -0.4 is 5.32 Å². The summed E-state index contributed by atoms with van der Waals surface area (Å²) in [6.07, 6.45) is 2.48. The molecule has 0 fully saturated rings. The molecule has 0 unspecified atom stereocenters. The van der Waals surface area contributed by atoms with E-state index in [1.807, 2.05) is 24.3 Å². The smallest absolute Gasteiger partial charge is 0.339 e. The molecule has 152 valence electrons. The molecule has 1 aliphatic rings. The molecular formula is C22H19N3O5. The maximum absolute atomic E-state index is 12.9. The van der Waals surface area contributed by atoms with Crippen molar-refractivity contribution in [2.75, 3.05) is 11.9 Å². The first-order chi connectivity index (χ1) is 14.5. The lowest BCUT2D eigenvalue weighted by Crippen LogP contribution is -2.22. The van der Waals surface area contributed by atoms with E-state index in [2.05, 4.69) is 10.3 Å². The molecule has 0 radical (unpaired) electrons. The lowest BCUT2D eigenvalue weighted by atomic mass is 10.0. The van der Waals surface area contributed by atoms with Gasteiger partial charge in [-0.1, -0.05) is 24.3 Å². The van der Waals surface area contributed by atoms with Crippen LogP contribution in [-0.4, -0.2) is 28.4 Å². The van der Waals surface area contributed by atoms with Gasteiger partial charge in [0.1, 0.15) is 0 Å². The number of hydrogen-bond donors (Lipinski definition) is 1. The molecule has 0 saturated heterocycles. The number of aromatic nitrogens is 1. The van der Waals surface area contributed by atoms with Crippen molar-refractivity contribution in [2.45, 2.75) is 26.2 Å². The number of ether oxygens (including phenoxy) is 1. The Morgan fingerprint density at radius 2 is 1.97 bits per heavy atom. The SMILES string of the molecule is Cc1c(NC(=O)COC(=O)c2c3c(nc4ccccc24)CCC3)cccc1[N+](=O)[O-]. The third-order valence-corrected chi connectivity index (χ3v) is 5.23. The number of nitrogens with one attached hydrogen (secondary N) is 1. The summed E-state index contributed by atoms with van der Waals surface area (Å²) in [5, 5.41) is 14.3. The molecule has 4 rings (SSSR count). The van der Waals surface area contributed by atoms with Crippen LogP contribution in [0, 0.1) is 17.0 Å². The molecular weight excluding hydrogens is 386 g/mol. The van der Waals surface area contributed by atoms with Gasteiger partial charge >= 0.3 is 5.97 Å². The minimum absolute atomic E-state index is 0.0939. The Labute approximate surface area is 172 Å². The molecule has 30 heavy (non-hydrogen) atoms. The number of fused-ring (bicyclic) bond motifs is 2. The van der Waals surface area contributed by atoms with Gasteiger partial charge < -0.3 is 10.1 Å². The monoisotopic (exact) mass is 405 g/mol. The van der Waals surface area contributed by atoms with E-state index in [9.17, 15) is 19.7 Å². The highest BCUT2D eigenvalue weighted by molar-refractivity contribution is 6.06. The van der Waals surface area contributed by atoms with Crippen molar-refractivity contribution in [2.24, 2.45) is 0 Å². The zero-order valence-corrected chi connectivity index (χ0v) is 16.3. The number of anilines is 1. The van der Waals surface area contributed by atoms with Gasteiger partial charge in [0.25, 0.3) is 11.6 Å². The fourth-order valence-electron chi connectivity index (χ4n) is 3.79. The van der Waals surface area contributed by atoms with Crippen LogP contribution in [0.5, 0.6) is 0 Å². The van der Waals surface area contributed by atoms with Crippen molar-refractivity contribution in [1.82, 2.24) is 4.98 Å². The second-order valence-electron chi connectivity index (χ2n) is 7.11. The Morgan fingerprint density at radius 3 is 2.77 bits per heavy atom. The van der Waals surface area contributed by atoms with E-state index in [4.69, 9.17) is 4.74 Å². The molecule has 2 aromatic carbocycles. The van der Waals surface area contributed by atoms with E-state index in [-0.39, 0.29) is 5.69 Å². The number of aryl methyl sites for hydroxylation is 1. The van der Waals surface area contributed by atoms with Gasteiger partial charge in [-0.25, -0.2) is 4.79 Å². The number of pyridine rings is 1. The number of hydrogen-bond acceptors (Lipinski definition) is 6. The molecule has 1 heterocycles. The molecule has 0 aliphatic heterocycles. The maximum atomic E-state index is 12.9. The second kappa shape index (κ2) is 7.90. The van der Waals surface area contributed by atoms with Crippen LogP contribution in [0.4, 0.5) is 11.4 Å². The van der Waals surface area contributed by atoms with Gasteiger partial charge in [0.15, 0.2) is 6.61 Å². The number of carbonyl (C=O) groups excluding carboxylic acids is 2. The van der Waals surface area contributed by atoms with Crippen LogP contribution in [0.15, 0.2) is 42.5 Å². The summed E-state index contributed by atoms with van der Waals surface area (Å²) in [5.74, 6) is -1.14. The quantitative estimate of drug-likeness (QED) is 0.393. The fraction of sp³-hybridized carbons (Fsp3) is 0.227. The lowest BCUT2D eigenvalue weighted by molar-refractivity contribution is -0.385. The number of para-hydroxylation sites is 1. The Kier molecular flexibility index (Phi) is 5.14. The van der Waals surface area contributed by atoms with Crippen LogP contribution in [0.3, 0.4) is 0 Å². The predicted octanol–water partition coefficient (Wildman–Crippen LogP) is 3.74. The number of esters is 1. The molecule has 1 amide bonds. The van der Waals surface area contributed by atoms with Crippen LogP contribution in [0.2, 0.25) is 0 Å². The second-order valence-corrected chi connectivity index (χ2v) is 7.11. The average molecular weight is 405 g/mol. The summed E-state index contributed by atoms with van der Waals surface area (Å²) in [6, 6.07) is 11.8. The maximum Gasteiger partial charge on any atom is 0.339 e. The number of benzene rings is 2. The molecule has 0 bridgehead atoms. The van der Waals surface area contributed by atoms with Crippen molar-refractivity contribution >= 4 is 34.2 Å². The van der Waals surface area contributed by atoms with Crippen molar-refractivity contribution in [1.29, 1.82) is 0 Å². The van der Waals surface area contributed by atoms with Gasteiger partial charge in [-0.3, -0.25) is 19.9 Å². The summed E-state index contributed by atoms with van der Waals surface area (Å²) >= 11 is 0. The Hall–Kier alpha value is -3.81. The standard InChI is InChI=1S/C22H19N3O5/c1-13-16(9-5-11-19(13)25(28)29)24-20(26)12-30-22(27)21-14-6-2-3-8-17(14)23-18-10-4-7-15(18)21/h2-3,5-6,8-9,11H,4,7,10,12H2,1H3,(H,24,26). The minimum atomic E-state index is -0.572. The third-order valence-electron chi connectivity index (χ3n) is 5.23. The Morgan fingerprint density at radius 1 is 1.17 bits per heavy atom. The van der Waals surface area contributed by atoms with Crippen LogP contribution in [0.1, 0.15) is 33.6 Å². The first-order valence-electron chi connectivity index (χ1n) is 9.57. The van der Waals surface area contributed by atoms with E-state index in [1.165, 1.54) is 12.1 Å². The zero-order chi connectivity index (χ0) is 21.3. The highest BCUT2D eigenvalue weighted by Crippen LogP contribution is 2.30. The van der Waals surface area contributed by atoms with Gasteiger partial charge in [-0.15, -0.1) is 0 Å². The number of nitro groups is 1. The molecule has 8 heteroatoms. The highest BCUT2D eigenvalue weighted by Gasteiger charge is 2.25. The van der Waals surface area contributed by atoms with Crippen LogP contribution in [0.25, 0.3) is 10.9 Å². The largest absolute Gasteiger partial charge is 0.452 e. The topological polar surface area (TPSA) is 111 Å². The molecule has 3 aromatic rings. The van der Waals surface area contributed by atoms with Crippen molar-refractivity contribution in [3.63, 3.8) is 0 Å². The first-order valence-corrected chi connectivity index (χ1v) is 9.57. The van der Waals surface area contributed by atoms with E-state index >= 15 is 0 Å². The van der Waals surface area contributed by atoms with Crippen molar-refractivity contribution in [3.8, 4) is 0 Å². The first kappa shape index (κ1) is 19.5. The summed E-state index contributed by atoms with van der Waals surface area (Å²) in [5.41, 5.74) is 3.52. The van der Waals surface area contributed by atoms with Crippen LogP contribution >= 0.6 is 0 Å². The normalized spacial score (nSPS) is 12.4. The molecule has 8 nitrogen and oxygen atoms in total. The molecule has 1 aliphatic carbocycles. The molecule has 1 aromatic heterocycles. The summed E-state index contributed by atoms with van der Waals surface area (Å²) in [7, 11) is 0. The van der Waals surface area contributed by atoms with Crippen LogP contribution in [-0.2, 0) is 22.4 Å². The summed E-state index contributed by atoms with van der Waals surface area (Å²) in [4.78, 5) is 40.4. The minimum Gasteiger partial charge on any atom is -0.452 e. The number of nitrogens with zero attached hydrogens (tertiary/aromatic N) is 2. The Balaban J connectivity index is 1.52. The third kappa shape index (κ3) is 3.59. The molecule has 0 saturated carbocycles. The van der Waals surface area contributed by atoms with Gasteiger partial charge in [0.05, 0.1) is 27.3 Å². The van der Waals surface area contributed by atoms with E-state index in [0.29, 0.717) is 22.2 Å². The number of carbonyl (C=O) groups is 2. The van der Waals surface area contributed by atoms with Gasteiger partial charge in [0, 0.05) is 17.1 Å². The van der Waals surface area contributed by atoms with Gasteiger partial charge in [0.2, 0.25) is 0 Å². The van der Waals surface area contributed by atoms with Gasteiger partial charge in [-0.05, 0) is 43.9 Å². The summed E-state index contributed by atoms with van der Waals surface area (Å²) < 4.78 is 5.30. The summed E-state index contributed by atoms with van der Waals surface area (Å²) in [6.45, 7) is 1.05. The average Bonchev–Trinajstić information content (AvgIpc) is 3.19. The molecule has 0 atom stereocenters. The highest BCUT2D eigenvalue weighted by atomic mass is 16.6. The van der Waals surface area contributed by atoms with Crippen molar-refractivity contribution < 1.29 is 19.2 Å². The number of rotatable bonds is 5. The zero-order valence-electron chi connectivity index (χ0n) is 16.3. The fourth-order valence-corrected chi connectivity index (χ4v) is 3.79. The molecule has 1 N–H and O–H groups in total. The lowest BCUT2D eigenvalue weighted by Gasteiger charge is -2.12. The van der Waals surface area contributed by atoms with Gasteiger partial charge in [-0.2, -0.15) is 0 Å². The van der Waals surface area contributed by atoms with Crippen molar-refractivity contribution in [3.05, 3.63) is 75.0 Å². The van der Waals surface area contributed by atoms with E-state index < -0.39 is 23.4 Å². The number of nitro benzene ring substituents is 1. The Bertz CT molecular complexity index is 1190.